The molecule has 0 aliphatic carbocycles. The molecule has 0 N–H and O–H groups in total. The summed E-state index contributed by atoms with van der Waals surface area (Å²) in [5.41, 5.74) is 0. The van der Waals surface area contributed by atoms with Crippen LogP contribution in [0, 0.1) is 0 Å². The van der Waals surface area contributed by atoms with E-state index < -0.39 is 18.0 Å². The van der Waals surface area contributed by atoms with Gasteiger partial charge in [0.05, 0.1) is 13.3 Å². The molecule has 0 amide bonds. The molecule has 0 heterocycles. The Bertz CT molecular complexity index is 122. The molecule has 10 heavy (non-hydrogen) atoms. The van der Waals surface area contributed by atoms with E-state index in [1.807, 2.05) is 0 Å². The summed E-state index contributed by atoms with van der Waals surface area (Å²) in [7, 11) is 0. The maximum absolute atomic E-state index is 11.9. The average Bonchev–Trinajstić information content (AvgIpc) is 1.88. The van der Waals surface area contributed by atoms with E-state index in [-0.39, 0.29) is 13.0 Å². The highest BCUT2D eigenvalue weighted by atomic mass is 35.5. The van der Waals surface area contributed by atoms with Crippen LogP contribution in [0.1, 0.15) is 6.42 Å². The van der Waals surface area contributed by atoms with Gasteiger partial charge in [0, 0.05) is 6.42 Å². The molecule has 0 unspecified atom stereocenters. The molecule has 0 aromatic rings. The highest BCUT2D eigenvalue weighted by Crippen LogP contribution is 2.12. The monoisotopic (exact) mass is 174 g/mol. The van der Waals surface area contributed by atoms with Crippen LogP contribution in [-0.4, -0.2) is 13.3 Å². The Labute approximate surface area is 61.4 Å². The van der Waals surface area contributed by atoms with Crippen molar-refractivity contribution in [3.8, 4) is 0 Å². The molecule has 0 atom stereocenters. The van der Waals surface area contributed by atoms with Crippen LogP contribution < -0.4 is 0 Å². The van der Waals surface area contributed by atoms with E-state index in [0.29, 0.717) is 0 Å². The topological polar surface area (TPSA) is 9.23 Å². The van der Waals surface area contributed by atoms with Gasteiger partial charge in [-0.05, 0) is 11.6 Å². The Hall–Kier alpha value is -0.380. The minimum atomic E-state index is -1.54. The van der Waals surface area contributed by atoms with Crippen molar-refractivity contribution in [2.24, 2.45) is 0 Å². The van der Waals surface area contributed by atoms with E-state index in [2.05, 4.69) is 16.3 Å². The van der Waals surface area contributed by atoms with Gasteiger partial charge in [-0.3, -0.25) is 4.39 Å². The predicted molar refractivity (Wildman–Crippen MR) is 31.6 cm³/mol. The summed E-state index contributed by atoms with van der Waals surface area (Å²) in [4.78, 5) is 0. The summed E-state index contributed by atoms with van der Waals surface area (Å²) < 4.78 is 38.8. The molecule has 5 heteroatoms. The zero-order chi connectivity index (χ0) is 7.98. The first-order chi connectivity index (χ1) is 4.68. The van der Waals surface area contributed by atoms with Gasteiger partial charge in [-0.25, -0.2) is 0 Å². The lowest BCUT2D eigenvalue weighted by molar-refractivity contribution is 0.130. The summed E-state index contributed by atoms with van der Waals surface area (Å²) in [6.07, 6.45) is 0.0254. The molecule has 0 spiro atoms. The normalized spacial score (nSPS) is 12.8. The largest absolute Gasteiger partial charge is 0.468 e. The van der Waals surface area contributed by atoms with Crippen LogP contribution in [0.4, 0.5) is 13.2 Å². The number of hydrogen-bond acceptors (Lipinski definition) is 1. The molecule has 0 aromatic carbocycles. The molecule has 60 valence electrons. The molecule has 0 radical (unpaired) electrons. The van der Waals surface area contributed by atoms with Crippen molar-refractivity contribution in [1.29, 1.82) is 0 Å². The van der Waals surface area contributed by atoms with Crippen LogP contribution in [0.15, 0.2) is 11.3 Å². The van der Waals surface area contributed by atoms with Gasteiger partial charge in [0.15, 0.2) is 0 Å². The highest BCUT2D eigenvalue weighted by Gasteiger charge is 2.02. The van der Waals surface area contributed by atoms with E-state index in [1.165, 1.54) is 0 Å². The Morgan fingerprint density at radius 3 is 2.40 bits per heavy atom. The van der Waals surface area contributed by atoms with Gasteiger partial charge >= 0.3 is 6.01 Å². The number of ether oxygens (including phenoxy) is 1. The van der Waals surface area contributed by atoms with Crippen LogP contribution in [0.5, 0.6) is 0 Å². The van der Waals surface area contributed by atoms with Gasteiger partial charge in [-0.2, -0.15) is 8.78 Å². The van der Waals surface area contributed by atoms with E-state index in [4.69, 9.17) is 0 Å². The van der Waals surface area contributed by atoms with Crippen LogP contribution in [0.25, 0.3) is 0 Å². The SMILES string of the molecule is FCCCOC(F)=C(F)Cl. The molecule has 0 saturated carbocycles. The van der Waals surface area contributed by atoms with E-state index in [9.17, 15) is 13.2 Å². The third-order valence-corrected chi connectivity index (χ3v) is 0.804. The van der Waals surface area contributed by atoms with Gasteiger partial charge in [0.25, 0.3) is 5.29 Å². The van der Waals surface area contributed by atoms with Crippen LogP contribution in [0.2, 0.25) is 0 Å². The maximum Gasteiger partial charge on any atom is 0.321 e. The third kappa shape index (κ3) is 4.49. The van der Waals surface area contributed by atoms with Crippen molar-refractivity contribution in [1.82, 2.24) is 0 Å². The van der Waals surface area contributed by atoms with Crippen molar-refractivity contribution >= 4 is 11.6 Å². The van der Waals surface area contributed by atoms with Crippen molar-refractivity contribution in [3.63, 3.8) is 0 Å². The molecule has 0 fully saturated rings. The maximum atomic E-state index is 11.9. The van der Waals surface area contributed by atoms with E-state index in [1.54, 1.807) is 0 Å². The molecular formula is C5H6ClF3O. The first-order valence-electron chi connectivity index (χ1n) is 2.58. The molecule has 0 aliphatic rings. The summed E-state index contributed by atoms with van der Waals surface area (Å²) in [5, 5.41) is -1.54. The van der Waals surface area contributed by atoms with Crippen LogP contribution >= 0.6 is 11.6 Å². The first kappa shape index (κ1) is 9.62. The standard InChI is InChI=1S/C5H6ClF3O/c6-4(8)5(9)10-3-1-2-7/h1-3H2. The second kappa shape index (κ2) is 5.41. The molecule has 0 aliphatic heterocycles. The summed E-state index contributed by atoms with van der Waals surface area (Å²) in [6.45, 7) is -0.834. The molecule has 0 saturated heterocycles. The van der Waals surface area contributed by atoms with Gasteiger partial charge in [-0.15, -0.1) is 0 Å². The minimum Gasteiger partial charge on any atom is -0.468 e. The molecule has 0 rings (SSSR count). The van der Waals surface area contributed by atoms with Crippen molar-refractivity contribution in [3.05, 3.63) is 11.3 Å². The summed E-state index contributed by atoms with van der Waals surface area (Å²) >= 11 is 4.53. The Kier molecular flexibility index (Phi) is 5.20. The smallest absolute Gasteiger partial charge is 0.321 e. The van der Waals surface area contributed by atoms with Gasteiger partial charge in [0.2, 0.25) is 0 Å². The number of halogens is 4. The van der Waals surface area contributed by atoms with Crippen LogP contribution in [0.3, 0.4) is 0 Å². The summed E-state index contributed by atoms with van der Waals surface area (Å²) in [6, 6.07) is -1.49. The van der Waals surface area contributed by atoms with Crippen molar-refractivity contribution in [2.45, 2.75) is 6.42 Å². The summed E-state index contributed by atoms with van der Waals surface area (Å²) in [5.74, 6) is 0. The highest BCUT2D eigenvalue weighted by molar-refractivity contribution is 6.28. The lowest BCUT2D eigenvalue weighted by Gasteiger charge is -1.98. The van der Waals surface area contributed by atoms with Crippen LogP contribution in [-0.2, 0) is 4.74 Å². The molecular weight excluding hydrogens is 169 g/mol. The predicted octanol–water partition coefficient (Wildman–Crippen LogP) is 2.67. The Morgan fingerprint density at radius 1 is 1.40 bits per heavy atom. The average molecular weight is 175 g/mol. The second-order valence-corrected chi connectivity index (χ2v) is 1.76. The number of hydrogen-bond donors (Lipinski definition) is 0. The fraction of sp³-hybridized carbons (Fsp3) is 0.600. The van der Waals surface area contributed by atoms with Gasteiger partial charge < -0.3 is 4.74 Å². The zero-order valence-corrected chi connectivity index (χ0v) is 5.80. The quantitative estimate of drug-likeness (QED) is 0.470. The minimum absolute atomic E-state index is 0.0254. The first-order valence-corrected chi connectivity index (χ1v) is 2.95. The Balaban J connectivity index is 3.40. The molecule has 0 bridgehead atoms. The molecule has 1 nitrogen and oxygen atoms in total. The van der Waals surface area contributed by atoms with Gasteiger partial charge in [0.1, 0.15) is 0 Å². The fourth-order valence-electron chi connectivity index (χ4n) is 0.271. The van der Waals surface area contributed by atoms with E-state index >= 15 is 0 Å². The lowest BCUT2D eigenvalue weighted by atomic mass is 10.5. The third-order valence-electron chi connectivity index (χ3n) is 0.655. The van der Waals surface area contributed by atoms with Gasteiger partial charge in [-0.1, -0.05) is 0 Å². The second-order valence-electron chi connectivity index (χ2n) is 1.43. The number of alkyl halides is 1. The lowest BCUT2D eigenvalue weighted by Crippen LogP contribution is -1.92. The van der Waals surface area contributed by atoms with Crippen molar-refractivity contribution in [2.75, 3.05) is 13.3 Å². The fourth-order valence-corrected chi connectivity index (χ4v) is 0.325. The molecule has 0 aromatic heterocycles. The van der Waals surface area contributed by atoms with E-state index in [0.717, 1.165) is 0 Å². The number of rotatable bonds is 4. The zero-order valence-electron chi connectivity index (χ0n) is 5.04. The van der Waals surface area contributed by atoms with Crippen molar-refractivity contribution < 1.29 is 17.9 Å². The Morgan fingerprint density at radius 2 is 2.00 bits per heavy atom.